The van der Waals surface area contributed by atoms with Crippen LogP contribution in [0, 0.1) is 35.5 Å². The summed E-state index contributed by atoms with van der Waals surface area (Å²) in [6.07, 6.45) is 5.06. The fourth-order valence-electron chi connectivity index (χ4n) is 8.79. The summed E-state index contributed by atoms with van der Waals surface area (Å²) in [7, 11) is 1.35. The van der Waals surface area contributed by atoms with E-state index in [1.54, 1.807) is 19.9 Å². The lowest BCUT2D eigenvalue weighted by atomic mass is 9.79. The van der Waals surface area contributed by atoms with Crippen molar-refractivity contribution in [3.05, 3.63) is 59.4 Å². The van der Waals surface area contributed by atoms with E-state index in [2.05, 4.69) is 0 Å². The van der Waals surface area contributed by atoms with Crippen LogP contribution >= 0.6 is 0 Å². The highest BCUT2D eigenvalue weighted by Crippen LogP contribution is 2.37. The summed E-state index contributed by atoms with van der Waals surface area (Å²) in [6, 6.07) is 0. The molecule has 0 spiro atoms. The van der Waals surface area contributed by atoms with Gasteiger partial charge in [0.15, 0.2) is 6.29 Å². The summed E-state index contributed by atoms with van der Waals surface area (Å²) in [6.45, 7) is 18.8. The predicted molar refractivity (Wildman–Crippen MR) is 222 cm³/mol. The van der Waals surface area contributed by atoms with E-state index in [1.165, 1.54) is 19.3 Å². The summed E-state index contributed by atoms with van der Waals surface area (Å²) < 4.78 is 36.2. The molecule has 13 heteroatoms. The molecule has 1 unspecified atom stereocenters. The molecule has 2 fully saturated rings. The normalized spacial score (nSPS) is 42.6. The zero-order chi connectivity index (χ0) is 43.4. The van der Waals surface area contributed by atoms with Crippen molar-refractivity contribution < 1.29 is 58.7 Å². The molecule has 332 valence electrons. The van der Waals surface area contributed by atoms with Crippen molar-refractivity contribution in [2.45, 2.75) is 168 Å². The molecule has 0 aromatic carbocycles. The third-order valence-corrected chi connectivity index (χ3v) is 12.4. The fraction of sp³-hybridized carbons (Fsp3) is 0.756. The second-order valence-corrected chi connectivity index (χ2v) is 17.0. The molecular weight excluding hydrogens is 746 g/mol. The molecule has 3 heterocycles. The quantitative estimate of drug-likeness (QED) is 0.0941. The van der Waals surface area contributed by atoms with E-state index in [-0.39, 0.29) is 54.8 Å². The van der Waals surface area contributed by atoms with Gasteiger partial charge in [0.05, 0.1) is 62.7 Å². The van der Waals surface area contributed by atoms with Crippen LogP contribution in [0.4, 0.5) is 0 Å². The van der Waals surface area contributed by atoms with Crippen LogP contribution in [-0.2, 0) is 33.2 Å². The predicted octanol–water partition coefficient (Wildman–Crippen LogP) is 4.85. The maximum Gasteiger partial charge on any atom is 0.373 e. The van der Waals surface area contributed by atoms with Crippen molar-refractivity contribution in [2.24, 2.45) is 41.2 Å². The van der Waals surface area contributed by atoms with Gasteiger partial charge in [-0.2, -0.15) is 0 Å². The monoisotopic (exact) mass is 822 g/mol. The number of carbonyl (C=O) groups excluding carboxylic acids is 1. The lowest BCUT2D eigenvalue weighted by Crippen LogP contribution is -2.54. The lowest BCUT2D eigenvalue weighted by molar-refractivity contribution is -0.285. The number of nitrogens with two attached hydrogens (primary N) is 1. The van der Waals surface area contributed by atoms with Gasteiger partial charge in [0.25, 0.3) is 0 Å². The molecule has 0 bridgehead atoms. The van der Waals surface area contributed by atoms with Gasteiger partial charge in [-0.15, -0.1) is 0 Å². The van der Waals surface area contributed by atoms with Crippen LogP contribution in [-0.4, -0.2) is 119 Å². The lowest BCUT2D eigenvalue weighted by Gasteiger charge is -2.46. The Bertz CT molecular complexity index is 1420. The Labute approximate surface area is 346 Å². The van der Waals surface area contributed by atoms with Crippen LogP contribution in [0.5, 0.6) is 0 Å². The first kappa shape index (κ1) is 49.9. The van der Waals surface area contributed by atoms with Gasteiger partial charge in [0.2, 0.25) is 5.76 Å². The Morgan fingerprint density at radius 3 is 2.31 bits per heavy atom. The summed E-state index contributed by atoms with van der Waals surface area (Å²) in [4.78, 5) is 13.8. The zero-order valence-corrected chi connectivity index (χ0v) is 36.6. The molecule has 13 nitrogen and oxygen atoms in total. The molecule has 7 N–H and O–H groups in total. The molecule has 0 aromatic heterocycles. The zero-order valence-electron chi connectivity index (χ0n) is 36.6. The highest BCUT2D eigenvalue weighted by molar-refractivity contribution is 5.87. The average Bonchev–Trinajstić information content (AvgIpc) is 3.17. The number of ether oxygens (including phenoxy) is 6. The summed E-state index contributed by atoms with van der Waals surface area (Å²) in [5, 5.41) is 57.1. The first-order valence-electron chi connectivity index (χ1n) is 21.2. The Balaban J connectivity index is 1.93. The maximum atomic E-state index is 13.8. The number of methoxy groups -OCH3 is 1. The topological polar surface area (TPSA) is 200 Å². The highest BCUT2D eigenvalue weighted by Gasteiger charge is 2.45. The third-order valence-electron chi connectivity index (χ3n) is 12.4. The Hall–Kier alpha value is -2.43. The van der Waals surface area contributed by atoms with Crippen LogP contribution in [0.25, 0.3) is 0 Å². The van der Waals surface area contributed by atoms with Gasteiger partial charge in [0, 0.05) is 42.4 Å². The Kier molecular flexibility index (Phi) is 20.3. The number of hydrogen-bond donors (Lipinski definition) is 6. The van der Waals surface area contributed by atoms with Crippen LogP contribution in [0.1, 0.15) is 94.9 Å². The number of esters is 1. The maximum absolute atomic E-state index is 13.8. The van der Waals surface area contributed by atoms with E-state index >= 15 is 0 Å². The Morgan fingerprint density at radius 2 is 1.71 bits per heavy atom. The number of rotatable bonds is 11. The molecule has 0 aliphatic carbocycles. The van der Waals surface area contributed by atoms with Crippen LogP contribution < -0.4 is 5.73 Å². The van der Waals surface area contributed by atoms with Crippen molar-refractivity contribution in [3.8, 4) is 0 Å². The highest BCUT2D eigenvalue weighted by atomic mass is 16.7. The van der Waals surface area contributed by atoms with E-state index in [1.807, 2.05) is 79.7 Å². The third kappa shape index (κ3) is 13.3. The molecule has 2 saturated heterocycles. The van der Waals surface area contributed by atoms with Crippen LogP contribution in [0.2, 0.25) is 0 Å². The van der Waals surface area contributed by atoms with Gasteiger partial charge in [0.1, 0.15) is 18.3 Å². The van der Waals surface area contributed by atoms with Crippen molar-refractivity contribution >= 4 is 5.97 Å². The van der Waals surface area contributed by atoms with Gasteiger partial charge < -0.3 is 59.7 Å². The minimum absolute atomic E-state index is 0.0373. The van der Waals surface area contributed by atoms with E-state index in [0.29, 0.717) is 24.8 Å². The molecule has 3 aliphatic heterocycles. The number of aliphatic hydroxyl groups is 5. The largest absolute Gasteiger partial charge is 0.490 e. The SMILES string of the molecule is C/C=C/[C@H]1O[C@@H]([C@@H](C)[C@H](O)[C@H](C)[C@H]2OC(=O)/C(OC)=C/C(C)=C/[C@@H](C)[C@@H](O)C(CC)[C@@H](O)[C@H](C)C/C(C)=C/C=C/[C@@H]2O)C[C@@H](O[C@@H]2C[C@H](O)[C@@H](OCN)[C@H](C)O2)[C@@H]1C. The molecule has 3 aliphatic rings. The van der Waals surface area contributed by atoms with E-state index in [9.17, 15) is 30.3 Å². The number of cyclic esters (lactones) is 1. The molecule has 18 atom stereocenters. The molecule has 3 rings (SSSR count). The van der Waals surface area contributed by atoms with E-state index in [4.69, 9.17) is 34.2 Å². The van der Waals surface area contributed by atoms with Gasteiger partial charge in [-0.3, -0.25) is 0 Å². The second-order valence-electron chi connectivity index (χ2n) is 17.0. The summed E-state index contributed by atoms with van der Waals surface area (Å²) in [5.74, 6) is -3.20. The van der Waals surface area contributed by atoms with Gasteiger partial charge in [-0.25, -0.2) is 4.79 Å². The van der Waals surface area contributed by atoms with Gasteiger partial charge >= 0.3 is 5.97 Å². The molecule has 0 amide bonds. The summed E-state index contributed by atoms with van der Waals surface area (Å²) >= 11 is 0. The molecule has 0 radical (unpaired) electrons. The first-order chi connectivity index (χ1) is 27.4. The standard InChI is InChI=1S/C45H75NO12/c1-12-15-35-28(7)36(57-39-21-34(48)44(54-23-46)31(10)55-39)22-37(56-35)29(8)42(51)30(9)43-33(47)17-14-16-24(3)18-26(5)40(49)32(13-2)41(50)27(6)19-25(4)20-38(53-11)45(52)58-43/h12,14-17,19-20,26-37,39-44,47-51H,13,18,21-23,46H2,1-11H3/b15-12+,17-14+,24-16+,25-19+,38-20-/t26-,27-,28-,29-,30+,31+,32?,33+,34+,35-,36-,37-,39-,40+,41-,42+,43-,44+/m1/s1. The number of carbonyl (C=O) groups is 1. The number of aliphatic hydroxyl groups excluding tert-OH is 5. The number of hydrogen-bond acceptors (Lipinski definition) is 13. The van der Waals surface area contributed by atoms with Crippen molar-refractivity contribution in [2.75, 3.05) is 13.8 Å². The van der Waals surface area contributed by atoms with E-state index in [0.717, 1.165) is 5.57 Å². The van der Waals surface area contributed by atoms with Crippen molar-refractivity contribution in [3.63, 3.8) is 0 Å². The van der Waals surface area contributed by atoms with Crippen LogP contribution in [0.15, 0.2) is 59.4 Å². The van der Waals surface area contributed by atoms with Crippen molar-refractivity contribution in [1.82, 2.24) is 0 Å². The first-order valence-corrected chi connectivity index (χ1v) is 21.2. The van der Waals surface area contributed by atoms with Crippen molar-refractivity contribution in [1.29, 1.82) is 0 Å². The summed E-state index contributed by atoms with van der Waals surface area (Å²) in [5.41, 5.74) is 7.16. The molecule has 0 saturated carbocycles. The molecule has 58 heavy (non-hydrogen) atoms. The number of allylic oxidation sites excluding steroid dienone is 6. The van der Waals surface area contributed by atoms with E-state index < -0.39 is 79.0 Å². The second kappa shape index (κ2) is 23.5. The van der Waals surface area contributed by atoms with Crippen LogP contribution in [0.3, 0.4) is 0 Å². The fourth-order valence-corrected chi connectivity index (χ4v) is 8.79. The Morgan fingerprint density at radius 1 is 1.02 bits per heavy atom. The average molecular weight is 822 g/mol. The molecule has 0 aromatic rings. The minimum atomic E-state index is -1.32. The van der Waals surface area contributed by atoms with Gasteiger partial charge in [-0.1, -0.05) is 89.1 Å². The molecular formula is C45H75NO12. The smallest absolute Gasteiger partial charge is 0.373 e. The van der Waals surface area contributed by atoms with Gasteiger partial charge in [-0.05, 0) is 52.5 Å². The minimum Gasteiger partial charge on any atom is -0.490 e.